The Bertz CT molecular complexity index is 747. The third-order valence-corrected chi connectivity index (χ3v) is 4.62. The largest absolute Gasteiger partial charge is 0.339 e. The molecule has 1 aromatic carbocycles. The van der Waals surface area contributed by atoms with Crippen LogP contribution < -0.4 is 5.32 Å². The number of carbonyl (C=O) groups is 1. The minimum atomic E-state index is -0.433. The summed E-state index contributed by atoms with van der Waals surface area (Å²) < 4.78 is 16.1. The number of hydrogen-bond donors (Lipinski definition) is 1. The predicted octanol–water partition coefficient (Wildman–Crippen LogP) is 2.45. The van der Waals surface area contributed by atoms with Crippen molar-refractivity contribution >= 4 is 5.91 Å². The molecule has 0 aliphatic carbocycles. The average Bonchev–Trinajstić information content (AvgIpc) is 2.92. The molecule has 2 aromatic rings. The number of halogens is 1. The van der Waals surface area contributed by atoms with E-state index in [0.29, 0.717) is 30.4 Å². The summed E-state index contributed by atoms with van der Waals surface area (Å²) >= 11 is 0. The number of nitrogens with one attached hydrogen (secondary N) is 1. The third-order valence-electron chi connectivity index (χ3n) is 4.62. The molecule has 1 saturated heterocycles. The molecule has 5 nitrogen and oxygen atoms in total. The Hall–Kier alpha value is -2.21. The van der Waals surface area contributed by atoms with E-state index in [0.717, 1.165) is 24.2 Å². The van der Waals surface area contributed by atoms with Gasteiger partial charge < -0.3 is 10.2 Å². The molecule has 1 aliphatic rings. The highest BCUT2D eigenvalue weighted by molar-refractivity contribution is 5.94. The Kier molecular flexibility index (Phi) is 4.66. The standard InChI is InChI=1S/C18H23FN4O/c1-12-10-13(2)23(21-12)17-5-4-14(11-16(17)19)18(24)22-8-6-15(20-3)7-9-22/h4-5,10-11,15,20H,6-9H2,1-3H3. The van der Waals surface area contributed by atoms with Crippen LogP contribution in [0.4, 0.5) is 4.39 Å². The van der Waals surface area contributed by atoms with E-state index in [4.69, 9.17) is 0 Å². The monoisotopic (exact) mass is 330 g/mol. The van der Waals surface area contributed by atoms with Gasteiger partial charge in [0.05, 0.1) is 5.69 Å². The molecule has 0 spiro atoms. The Labute approximate surface area is 141 Å². The zero-order chi connectivity index (χ0) is 17.3. The third kappa shape index (κ3) is 3.19. The number of piperidine rings is 1. The lowest BCUT2D eigenvalue weighted by Gasteiger charge is -2.31. The molecule has 1 N–H and O–H groups in total. The summed E-state index contributed by atoms with van der Waals surface area (Å²) in [6.07, 6.45) is 1.85. The van der Waals surface area contributed by atoms with E-state index in [1.807, 2.05) is 27.0 Å². The summed E-state index contributed by atoms with van der Waals surface area (Å²) in [5.41, 5.74) is 2.45. The molecule has 0 saturated carbocycles. The van der Waals surface area contributed by atoms with Gasteiger partial charge in [-0.2, -0.15) is 5.10 Å². The van der Waals surface area contributed by atoms with E-state index in [-0.39, 0.29) is 5.91 Å². The summed E-state index contributed by atoms with van der Waals surface area (Å²) in [4.78, 5) is 14.4. The summed E-state index contributed by atoms with van der Waals surface area (Å²) in [6, 6.07) is 6.98. The van der Waals surface area contributed by atoms with Gasteiger partial charge in [0, 0.05) is 30.4 Å². The minimum absolute atomic E-state index is 0.108. The van der Waals surface area contributed by atoms with E-state index in [2.05, 4.69) is 10.4 Å². The van der Waals surface area contributed by atoms with Crippen LogP contribution in [-0.2, 0) is 0 Å². The van der Waals surface area contributed by atoms with Gasteiger partial charge in [0.25, 0.3) is 5.91 Å². The van der Waals surface area contributed by atoms with Gasteiger partial charge in [-0.25, -0.2) is 9.07 Å². The fourth-order valence-corrected chi connectivity index (χ4v) is 3.24. The summed E-state index contributed by atoms with van der Waals surface area (Å²) in [5.74, 6) is -0.541. The molecular formula is C18H23FN4O. The van der Waals surface area contributed by atoms with E-state index >= 15 is 0 Å². The molecule has 1 amide bonds. The van der Waals surface area contributed by atoms with Crippen molar-refractivity contribution in [3.05, 3.63) is 47.0 Å². The number of amides is 1. The van der Waals surface area contributed by atoms with Crippen LogP contribution in [0.1, 0.15) is 34.6 Å². The van der Waals surface area contributed by atoms with Crippen LogP contribution in [0.25, 0.3) is 5.69 Å². The molecule has 3 rings (SSSR count). The van der Waals surface area contributed by atoms with E-state index < -0.39 is 5.82 Å². The Morgan fingerprint density at radius 2 is 1.96 bits per heavy atom. The zero-order valence-electron chi connectivity index (χ0n) is 14.3. The predicted molar refractivity (Wildman–Crippen MR) is 91.0 cm³/mol. The molecule has 0 radical (unpaired) electrons. The second-order valence-electron chi connectivity index (χ2n) is 6.36. The number of carbonyl (C=O) groups excluding carboxylic acids is 1. The van der Waals surface area contributed by atoms with Crippen molar-refractivity contribution in [1.82, 2.24) is 20.0 Å². The maximum Gasteiger partial charge on any atom is 0.253 e. The molecule has 24 heavy (non-hydrogen) atoms. The molecule has 2 heterocycles. The molecule has 0 unspecified atom stereocenters. The van der Waals surface area contributed by atoms with Gasteiger partial charge in [-0.05, 0) is 58.0 Å². The van der Waals surface area contributed by atoms with Crippen molar-refractivity contribution in [2.24, 2.45) is 0 Å². The summed E-state index contributed by atoms with van der Waals surface area (Å²) in [5, 5.41) is 7.54. The van der Waals surface area contributed by atoms with Crippen LogP contribution in [0.15, 0.2) is 24.3 Å². The number of aryl methyl sites for hydroxylation is 2. The second kappa shape index (κ2) is 6.73. The van der Waals surface area contributed by atoms with Crippen molar-refractivity contribution in [3.8, 4) is 5.69 Å². The molecule has 1 fully saturated rings. The van der Waals surface area contributed by atoms with Crippen molar-refractivity contribution in [2.45, 2.75) is 32.7 Å². The molecule has 128 valence electrons. The number of benzene rings is 1. The quantitative estimate of drug-likeness (QED) is 0.940. The van der Waals surface area contributed by atoms with Gasteiger partial charge in [0.2, 0.25) is 0 Å². The normalized spacial score (nSPS) is 15.8. The van der Waals surface area contributed by atoms with E-state index in [1.54, 1.807) is 21.7 Å². The fourth-order valence-electron chi connectivity index (χ4n) is 3.24. The van der Waals surface area contributed by atoms with Gasteiger partial charge in [0.15, 0.2) is 0 Å². The van der Waals surface area contributed by atoms with Crippen LogP contribution in [0, 0.1) is 19.7 Å². The van der Waals surface area contributed by atoms with Crippen LogP contribution >= 0.6 is 0 Å². The summed E-state index contributed by atoms with van der Waals surface area (Å²) in [7, 11) is 1.94. The van der Waals surface area contributed by atoms with Crippen LogP contribution in [0.2, 0.25) is 0 Å². The molecular weight excluding hydrogens is 307 g/mol. The Balaban J connectivity index is 1.80. The maximum atomic E-state index is 14.5. The Morgan fingerprint density at radius 3 is 2.50 bits per heavy atom. The van der Waals surface area contributed by atoms with E-state index in [9.17, 15) is 9.18 Å². The summed E-state index contributed by atoms with van der Waals surface area (Å²) in [6.45, 7) is 5.15. The molecule has 1 aromatic heterocycles. The first kappa shape index (κ1) is 16.6. The zero-order valence-corrected chi connectivity index (χ0v) is 14.3. The van der Waals surface area contributed by atoms with Gasteiger partial charge in [-0.3, -0.25) is 4.79 Å². The Morgan fingerprint density at radius 1 is 1.25 bits per heavy atom. The molecule has 6 heteroatoms. The molecule has 0 atom stereocenters. The maximum absolute atomic E-state index is 14.5. The fraction of sp³-hybridized carbons (Fsp3) is 0.444. The lowest BCUT2D eigenvalue weighted by molar-refractivity contribution is 0.0707. The van der Waals surface area contributed by atoms with Gasteiger partial charge >= 0.3 is 0 Å². The molecule has 0 bridgehead atoms. The number of hydrogen-bond acceptors (Lipinski definition) is 3. The SMILES string of the molecule is CNC1CCN(C(=O)c2ccc(-n3nc(C)cc3C)c(F)c2)CC1. The highest BCUT2D eigenvalue weighted by atomic mass is 19.1. The van der Waals surface area contributed by atoms with Crippen molar-refractivity contribution in [3.63, 3.8) is 0 Å². The number of aromatic nitrogens is 2. The first-order chi connectivity index (χ1) is 11.5. The highest BCUT2D eigenvalue weighted by Crippen LogP contribution is 2.20. The van der Waals surface area contributed by atoms with Gasteiger partial charge in [-0.15, -0.1) is 0 Å². The lowest BCUT2D eigenvalue weighted by atomic mass is 10.0. The minimum Gasteiger partial charge on any atom is -0.339 e. The topological polar surface area (TPSA) is 50.2 Å². The van der Waals surface area contributed by atoms with Crippen LogP contribution in [0.5, 0.6) is 0 Å². The smallest absolute Gasteiger partial charge is 0.253 e. The number of rotatable bonds is 3. The highest BCUT2D eigenvalue weighted by Gasteiger charge is 2.23. The first-order valence-electron chi connectivity index (χ1n) is 8.29. The van der Waals surface area contributed by atoms with Gasteiger partial charge in [0.1, 0.15) is 11.5 Å². The van der Waals surface area contributed by atoms with Crippen molar-refractivity contribution in [2.75, 3.05) is 20.1 Å². The average molecular weight is 330 g/mol. The van der Waals surface area contributed by atoms with Gasteiger partial charge in [-0.1, -0.05) is 0 Å². The van der Waals surface area contributed by atoms with Crippen LogP contribution in [-0.4, -0.2) is 46.8 Å². The lowest BCUT2D eigenvalue weighted by Crippen LogP contribution is -2.43. The molecule has 1 aliphatic heterocycles. The second-order valence-corrected chi connectivity index (χ2v) is 6.36. The van der Waals surface area contributed by atoms with Crippen molar-refractivity contribution < 1.29 is 9.18 Å². The first-order valence-corrected chi connectivity index (χ1v) is 8.29. The van der Waals surface area contributed by atoms with Crippen molar-refractivity contribution in [1.29, 1.82) is 0 Å². The van der Waals surface area contributed by atoms with E-state index in [1.165, 1.54) is 6.07 Å². The number of likely N-dealkylation sites (tertiary alicyclic amines) is 1. The number of nitrogens with zero attached hydrogens (tertiary/aromatic N) is 3. The van der Waals surface area contributed by atoms with Crippen LogP contribution in [0.3, 0.4) is 0 Å².